The normalized spacial score (nSPS) is 10.2. The second-order valence-electron chi connectivity index (χ2n) is 6.10. The number of carbonyl (C=O) groups is 1. The first-order valence-electron chi connectivity index (χ1n) is 8.82. The van der Waals surface area contributed by atoms with Gasteiger partial charge in [-0.25, -0.2) is 0 Å². The quantitative estimate of drug-likeness (QED) is 0.506. The van der Waals surface area contributed by atoms with Gasteiger partial charge in [0, 0.05) is 5.56 Å². The van der Waals surface area contributed by atoms with Crippen molar-refractivity contribution in [1.29, 1.82) is 0 Å². The monoisotopic (exact) mass is 378 g/mol. The van der Waals surface area contributed by atoms with E-state index in [0.29, 0.717) is 30.3 Å². The van der Waals surface area contributed by atoms with E-state index in [1.54, 1.807) is 32.4 Å². The highest BCUT2D eigenvalue weighted by molar-refractivity contribution is 5.76. The highest BCUT2D eigenvalue weighted by Gasteiger charge is 2.08. The minimum atomic E-state index is 0.352. The van der Waals surface area contributed by atoms with E-state index in [0.717, 1.165) is 28.9 Å². The standard InChI is InChI=1S/C23H22O5/c1-25-20-8-3-17(4-9-20)15-27-22-12-7-19(14-24)13-23(22)28-16-18-5-10-21(26-2)11-6-18/h3-14H,15-16H2,1-2H3. The van der Waals surface area contributed by atoms with Gasteiger partial charge in [-0.1, -0.05) is 24.3 Å². The Labute approximate surface area is 164 Å². The number of benzene rings is 3. The molecule has 0 saturated carbocycles. The number of hydrogen-bond acceptors (Lipinski definition) is 5. The molecule has 0 saturated heterocycles. The fourth-order valence-corrected chi connectivity index (χ4v) is 2.60. The average Bonchev–Trinajstić information content (AvgIpc) is 2.77. The van der Waals surface area contributed by atoms with Crippen LogP contribution in [0.5, 0.6) is 23.0 Å². The van der Waals surface area contributed by atoms with Gasteiger partial charge in [0.05, 0.1) is 14.2 Å². The zero-order valence-corrected chi connectivity index (χ0v) is 15.9. The van der Waals surface area contributed by atoms with Crippen LogP contribution in [0.2, 0.25) is 0 Å². The van der Waals surface area contributed by atoms with Gasteiger partial charge in [-0.15, -0.1) is 0 Å². The second kappa shape index (κ2) is 9.46. The Kier molecular flexibility index (Phi) is 6.52. The number of carbonyl (C=O) groups excluding carboxylic acids is 1. The molecule has 0 aliphatic rings. The van der Waals surface area contributed by atoms with Gasteiger partial charge in [0.15, 0.2) is 11.5 Å². The van der Waals surface area contributed by atoms with Crippen LogP contribution in [-0.4, -0.2) is 20.5 Å². The summed E-state index contributed by atoms with van der Waals surface area (Å²) in [7, 11) is 3.26. The van der Waals surface area contributed by atoms with Crippen LogP contribution in [0.3, 0.4) is 0 Å². The van der Waals surface area contributed by atoms with Crippen LogP contribution < -0.4 is 18.9 Å². The molecule has 144 valence electrons. The number of methoxy groups -OCH3 is 2. The van der Waals surface area contributed by atoms with Crippen LogP contribution in [-0.2, 0) is 13.2 Å². The van der Waals surface area contributed by atoms with Crippen LogP contribution >= 0.6 is 0 Å². The van der Waals surface area contributed by atoms with Crippen molar-refractivity contribution in [3.63, 3.8) is 0 Å². The van der Waals surface area contributed by atoms with Crippen LogP contribution in [0.25, 0.3) is 0 Å². The summed E-state index contributed by atoms with van der Waals surface area (Å²) >= 11 is 0. The van der Waals surface area contributed by atoms with Crippen molar-refractivity contribution in [2.45, 2.75) is 13.2 Å². The van der Waals surface area contributed by atoms with Crippen molar-refractivity contribution in [1.82, 2.24) is 0 Å². The van der Waals surface area contributed by atoms with Gasteiger partial charge in [0.25, 0.3) is 0 Å². The highest BCUT2D eigenvalue weighted by Crippen LogP contribution is 2.30. The Morgan fingerprint density at radius 2 is 1.18 bits per heavy atom. The molecule has 3 rings (SSSR count). The summed E-state index contributed by atoms with van der Waals surface area (Å²) in [4.78, 5) is 11.1. The Balaban J connectivity index is 1.70. The zero-order valence-electron chi connectivity index (χ0n) is 15.9. The van der Waals surface area contributed by atoms with E-state index in [-0.39, 0.29) is 0 Å². The van der Waals surface area contributed by atoms with Gasteiger partial charge in [-0.05, 0) is 53.6 Å². The molecule has 3 aromatic rings. The van der Waals surface area contributed by atoms with Gasteiger partial charge < -0.3 is 18.9 Å². The summed E-state index contributed by atoms with van der Waals surface area (Å²) in [5.74, 6) is 2.68. The molecule has 3 aromatic carbocycles. The largest absolute Gasteiger partial charge is 0.497 e. The Morgan fingerprint density at radius 1 is 0.679 bits per heavy atom. The minimum Gasteiger partial charge on any atom is -0.497 e. The SMILES string of the molecule is COc1ccc(COc2ccc(C=O)cc2OCc2ccc(OC)cc2)cc1. The first-order chi connectivity index (χ1) is 13.7. The third kappa shape index (κ3) is 5.04. The van der Waals surface area contributed by atoms with Gasteiger partial charge in [0.1, 0.15) is 31.0 Å². The van der Waals surface area contributed by atoms with Crippen LogP contribution in [0, 0.1) is 0 Å². The molecule has 0 radical (unpaired) electrons. The van der Waals surface area contributed by atoms with E-state index in [4.69, 9.17) is 18.9 Å². The Hall–Kier alpha value is -3.47. The van der Waals surface area contributed by atoms with Gasteiger partial charge in [-0.2, -0.15) is 0 Å². The Morgan fingerprint density at radius 3 is 1.64 bits per heavy atom. The minimum absolute atomic E-state index is 0.352. The Bertz CT molecular complexity index is 901. The summed E-state index contributed by atoms with van der Waals surface area (Å²) in [6.45, 7) is 0.731. The van der Waals surface area contributed by atoms with E-state index in [2.05, 4.69) is 0 Å². The van der Waals surface area contributed by atoms with E-state index < -0.39 is 0 Å². The molecule has 0 heterocycles. The topological polar surface area (TPSA) is 54.0 Å². The lowest BCUT2D eigenvalue weighted by Crippen LogP contribution is -2.01. The summed E-state index contributed by atoms with van der Waals surface area (Å²) in [6, 6.07) is 20.4. The molecule has 5 heteroatoms. The first-order valence-corrected chi connectivity index (χ1v) is 8.82. The molecule has 0 spiro atoms. The van der Waals surface area contributed by atoms with Crippen molar-refractivity contribution in [3.05, 3.63) is 83.4 Å². The lowest BCUT2D eigenvalue weighted by molar-refractivity contribution is 0.112. The number of ether oxygens (including phenoxy) is 4. The predicted octanol–water partition coefficient (Wildman–Crippen LogP) is 4.67. The van der Waals surface area contributed by atoms with E-state index in [1.165, 1.54) is 0 Å². The maximum absolute atomic E-state index is 11.1. The van der Waals surface area contributed by atoms with Crippen molar-refractivity contribution in [2.75, 3.05) is 14.2 Å². The molecule has 0 N–H and O–H groups in total. The molecular weight excluding hydrogens is 356 g/mol. The van der Waals surface area contributed by atoms with Crippen LogP contribution in [0.4, 0.5) is 0 Å². The average molecular weight is 378 g/mol. The van der Waals surface area contributed by atoms with Gasteiger partial charge in [-0.3, -0.25) is 4.79 Å². The molecule has 28 heavy (non-hydrogen) atoms. The van der Waals surface area contributed by atoms with E-state index in [9.17, 15) is 4.79 Å². The zero-order chi connectivity index (χ0) is 19.8. The molecular formula is C23H22O5. The lowest BCUT2D eigenvalue weighted by atomic mass is 10.2. The molecule has 0 aliphatic heterocycles. The fraction of sp³-hybridized carbons (Fsp3) is 0.174. The molecule has 0 unspecified atom stereocenters. The molecule has 0 amide bonds. The van der Waals surface area contributed by atoms with E-state index in [1.807, 2.05) is 48.5 Å². The maximum Gasteiger partial charge on any atom is 0.162 e. The van der Waals surface area contributed by atoms with Gasteiger partial charge in [0.2, 0.25) is 0 Å². The van der Waals surface area contributed by atoms with Crippen LogP contribution in [0.1, 0.15) is 21.5 Å². The summed E-state index contributed by atoms with van der Waals surface area (Å²) in [5, 5.41) is 0. The van der Waals surface area contributed by atoms with Crippen molar-refractivity contribution in [2.24, 2.45) is 0 Å². The molecule has 0 atom stereocenters. The maximum atomic E-state index is 11.1. The summed E-state index contributed by atoms with van der Waals surface area (Å²) in [6.07, 6.45) is 0.785. The molecule has 5 nitrogen and oxygen atoms in total. The molecule has 0 fully saturated rings. The lowest BCUT2D eigenvalue weighted by Gasteiger charge is -2.14. The predicted molar refractivity (Wildman–Crippen MR) is 106 cm³/mol. The fourth-order valence-electron chi connectivity index (χ4n) is 2.60. The number of aldehydes is 1. The summed E-state index contributed by atoms with van der Waals surface area (Å²) in [5.41, 5.74) is 2.52. The third-order valence-corrected chi connectivity index (χ3v) is 4.21. The van der Waals surface area contributed by atoms with E-state index >= 15 is 0 Å². The van der Waals surface area contributed by atoms with Crippen molar-refractivity contribution in [3.8, 4) is 23.0 Å². The molecule has 0 aromatic heterocycles. The molecule has 0 aliphatic carbocycles. The number of rotatable bonds is 9. The highest BCUT2D eigenvalue weighted by atomic mass is 16.5. The van der Waals surface area contributed by atoms with Crippen LogP contribution in [0.15, 0.2) is 66.7 Å². The van der Waals surface area contributed by atoms with Crippen molar-refractivity contribution >= 4 is 6.29 Å². The van der Waals surface area contributed by atoms with Gasteiger partial charge >= 0.3 is 0 Å². The molecule has 0 bridgehead atoms. The summed E-state index contributed by atoms with van der Waals surface area (Å²) < 4.78 is 22.2. The third-order valence-electron chi connectivity index (χ3n) is 4.21. The van der Waals surface area contributed by atoms with Crippen molar-refractivity contribution < 1.29 is 23.7 Å². The first kappa shape index (κ1) is 19.3. The number of hydrogen-bond donors (Lipinski definition) is 0. The smallest absolute Gasteiger partial charge is 0.162 e. The second-order valence-corrected chi connectivity index (χ2v) is 6.10.